The number of nitrogens with zero attached hydrogens (tertiary/aromatic N) is 2. The lowest BCUT2D eigenvalue weighted by Gasteiger charge is -2.22. The molecular formula is C51H36N2. The Hall–Kier alpha value is -6.64. The van der Waals surface area contributed by atoms with Crippen LogP contribution in [0.4, 0.5) is 0 Å². The molecule has 0 bridgehead atoms. The van der Waals surface area contributed by atoms with E-state index in [0.717, 1.165) is 28.1 Å². The summed E-state index contributed by atoms with van der Waals surface area (Å²) in [5.41, 5.74) is 15.0. The van der Waals surface area contributed by atoms with Crippen LogP contribution in [0.15, 0.2) is 182 Å². The highest BCUT2D eigenvalue weighted by Crippen LogP contribution is 2.53. The third-order valence-corrected chi connectivity index (χ3v) is 11.1. The Labute approximate surface area is 310 Å². The molecule has 0 amide bonds. The number of aromatic nitrogens is 2. The second-order valence-corrected chi connectivity index (χ2v) is 14.6. The van der Waals surface area contributed by atoms with Crippen molar-refractivity contribution in [1.82, 2.24) is 9.97 Å². The molecule has 250 valence electrons. The number of benzene rings is 8. The monoisotopic (exact) mass is 676 g/mol. The van der Waals surface area contributed by atoms with Gasteiger partial charge in [-0.15, -0.1) is 0 Å². The molecule has 1 aromatic heterocycles. The molecule has 0 aliphatic heterocycles. The Morgan fingerprint density at radius 2 is 0.943 bits per heavy atom. The minimum absolute atomic E-state index is 0.0996. The van der Waals surface area contributed by atoms with E-state index in [1.165, 1.54) is 66.1 Å². The maximum atomic E-state index is 5.19. The zero-order valence-electron chi connectivity index (χ0n) is 29.7. The fourth-order valence-electron chi connectivity index (χ4n) is 8.32. The second-order valence-electron chi connectivity index (χ2n) is 14.6. The van der Waals surface area contributed by atoms with Gasteiger partial charge in [-0.25, -0.2) is 9.97 Å². The Bertz CT molecular complexity index is 2840. The lowest BCUT2D eigenvalue weighted by Crippen LogP contribution is -2.14. The molecule has 0 unspecified atom stereocenters. The first-order valence-corrected chi connectivity index (χ1v) is 18.3. The molecule has 1 aliphatic rings. The molecule has 2 heteroatoms. The fourth-order valence-corrected chi connectivity index (χ4v) is 8.32. The van der Waals surface area contributed by atoms with Gasteiger partial charge in [0.25, 0.3) is 0 Å². The summed E-state index contributed by atoms with van der Waals surface area (Å²) in [5.74, 6) is 0.713. The van der Waals surface area contributed by atoms with Gasteiger partial charge >= 0.3 is 0 Å². The smallest absolute Gasteiger partial charge is 0.160 e. The summed E-state index contributed by atoms with van der Waals surface area (Å²) in [4.78, 5) is 10.3. The Balaban J connectivity index is 1.09. The summed E-state index contributed by atoms with van der Waals surface area (Å²) in [7, 11) is 0. The van der Waals surface area contributed by atoms with Gasteiger partial charge in [0.1, 0.15) is 0 Å². The maximum Gasteiger partial charge on any atom is 0.160 e. The highest BCUT2D eigenvalue weighted by molar-refractivity contribution is 5.99. The first kappa shape index (κ1) is 31.1. The molecule has 0 saturated carbocycles. The van der Waals surface area contributed by atoms with Crippen LogP contribution in [0.2, 0.25) is 0 Å². The standard InChI is InChI=1S/C51H36N2/c1-51(2)45-24-12-23-43(49(45)44-30-37-16-6-7-17-38(37)31-46(44)51)39-19-10-20-40(29-39)48-32-47(52-50(53-48)36-14-4-3-5-15-36)35-27-25-34(26-28-35)42-22-11-18-33-13-8-9-21-41(33)42/h3-32H,1-2H3. The summed E-state index contributed by atoms with van der Waals surface area (Å²) in [6, 6.07) is 65.4. The molecule has 0 radical (unpaired) electrons. The molecule has 2 nitrogen and oxygen atoms in total. The average Bonchev–Trinajstić information content (AvgIpc) is 3.45. The minimum Gasteiger partial charge on any atom is -0.228 e. The lowest BCUT2D eigenvalue weighted by atomic mass is 9.81. The number of rotatable bonds is 5. The lowest BCUT2D eigenvalue weighted by molar-refractivity contribution is 0.661. The summed E-state index contributed by atoms with van der Waals surface area (Å²) in [5, 5.41) is 5.05. The molecule has 1 aliphatic carbocycles. The third kappa shape index (κ3) is 5.26. The van der Waals surface area contributed by atoms with Gasteiger partial charge in [0.2, 0.25) is 0 Å². The summed E-state index contributed by atoms with van der Waals surface area (Å²) in [6.07, 6.45) is 0. The maximum absolute atomic E-state index is 5.19. The van der Waals surface area contributed by atoms with E-state index < -0.39 is 0 Å². The highest BCUT2D eigenvalue weighted by atomic mass is 14.9. The Morgan fingerprint density at radius 3 is 1.75 bits per heavy atom. The average molecular weight is 677 g/mol. The van der Waals surface area contributed by atoms with Crippen LogP contribution in [0, 0.1) is 0 Å². The third-order valence-electron chi connectivity index (χ3n) is 11.1. The van der Waals surface area contributed by atoms with Crippen LogP contribution in [0.5, 0.6) is 0 Å². The van der Waals surface area contributed by atoms with Gasteiger partial charge in [0.15, 0.2) is 5.82 Å². The van der Waals surface area contributed by atoms with Crippen molar-refractivity contribution in [2.45, 2.75) is 19.3 Å². The van der Waals surface area contributed by atoms with E-state index in [9.17, 15) is 0 Å². The van der Waals surface area contributed by atoms with Crippen LogP contribution in [0.3, 0.4) is 0 Å². The molecule has 0 fully saturated rings. The molecular weight excluding hydrogens is 641 g/mol. The zero-order valence-corrected chi connectivity index (χ0v) is 29.7. The van der Waals surface area contributed by atoms with Crippen molar-refractivity contribution < 1.29 is 0 Å². The Morgan fingerprint density at radius 1 is 0.358 bits per heavy atom. The van der Waals surface area contributed by atoms with Crippen LogP contribution in [0.1, 0.15) is 25.0 Å². The summed E-state index contributed by atoms with van der Waals surface area (Å²) < 4.78 is 0. The van der Waals surface area contributed by atoms with Gasteiger partial charge in [-0.3, -0.25) is 0 Å². The molecule has 0 saturated heterocycles. The van der Waals surface area contributed by atoms with Crippen molar-refractivity contribution in [1.29, 1.82) is 0 Å². The fraction of sp³-hybridized carbons (Fsp3) is 0.0588. The van der Waals surface area contributed by atoms with E-state index in [-0.39, 0.29) is 5.41 Å². The van der Waals surface area contributed by atoms with E-state index in [1.54, 1.807) is 0 Å². The largest absolute Gasteiger partial charge is 0.228 e. The quantitative estimate of drug-likeness (QED) is 0.181. The van der Waals surface area contributed by atoms with Gasteiger partial charge in [0.05, 0.1) is 11.4 Å². The van der Waals surface area contributed by atoms with Crippen molar-refractivity contribution >= 4 is 21.5 Å². The van der Waals surface area contributed by atoms with Crippen LogP contribution >= 0.6 is 0 Å². The molecule has 10 rings (SSSR count). The number of fused-ring (bicyclic) bond motifs is 5. The van der Waals surface area contributed by atoms with E-state index in [4.69, 9.17) is 9.97 Å². The number of hydrogen-bond acceptors (Lipinski definition) is 2. The molecule has 0 spiro atoms. The van der Waals surface area contributed by atoms with Crippen LogP contribution in [-0.2, 0) is 5.41 Å². The zero-order chi connectivity index (χ0) is 35.5. The Kier molecular flexibility index (Phi) is 7.19. The minimum atomic E-state index is -0.0996. The van der Waals surface area contributed by atoms with E-state index in [2.05, 4.69) is 178 Å². The van der Waals surface area contributed by atoms with Crippen molar-refractivity contribution in [2.75, 3.05) is 0 Å². The van der Waals surface area contributed by atoms with Gasteiger partial charge in [0, 0.05) is 22.1 Å². The molecule has 8 aromatic carbocycles. The number of hydrogen-bond donors (Lipinski definition) is 0. The second kappa shape index (κ2) is 12.3. The topological polar surface area (TPSA) is 25.8 Å². The summed E-state index contributed by atoms with van der Waals surface area (Å²) in [6.45, 7) is 4.71. The van der Waals surface area contributed by atoms with Crippen molar-refractivity contribution in [3.8, 4) is 67.3 Å². The van der Waals surface area contributed by atoms with Crippen LogP contribution in [0.25, 0.3) is 88.8 Å². The van der Waals surface area contributed by atoms with Gasteiger partial charge in [-0.05, 0) is 90.3 Å². The van der Waals surface area contributed by atoms with Gasteiger partial charge in [-0.2, -0.15) is 0 Å². The van der Waals surface area contributed by atoms with Gasteiger partial charge in [-0.1, -0.05) is 172 Å². The predicted octanol–water partition coefficient (Wildman–Crippen LogP) is 13.4. The first-order chi connectivity index (χ1) is 26.0. The van der Waals surface area contributed by atoms with Crippen molar-refractivity contribution in [2.24, 2.45) is 0 Å². The van der Waals surface area contributed by atoms with Gasteiger partial charge < -0.3 is 0 Å². The van der Waals surface area contributed by atoms with Crippen molar-refractivity contribution in [3.05, 3.63) is 193 Å². The molecule has 1 heterocycles. The predicted molar refractivity (Wildman–Crippen MR) is 222 cm³/mol. The molecule has 0 atom stereocenters. The normalized spacial score (nSPS) is 12.9. The first-order valence-electron chi connectivity index (χ1n) is 18.3. The molecule has 0 N–H and O–H groups in total. The van der Waals surface area contributed by atoms with Crippen LogP contribution in [-0.4, -0.2) is 9.97 Å². The molecule has 9 aromatic rings. The summed E-state index contributed by atoms with van der Waals surface area (Å²) >= 11 is 0. The van der Waals surface area contributed by atoms with Crippen LogP contribution < -0.4 is 0 Å². The van der Waals surface area contributed by atoms with E-state index in [1.807, 2.05) is 18.2 Å². The molecule has 53 heavy (non-hydrogen) atoms. The van der Waals surface area contributed by atoms with E-state index in [0.29, 0.717) is 5.82 Å². The van der Waals surface area contributed by atoms with Crippen molar-refractivity contribution in [3.63, 3.8) is 0 Å². The SMILES string of the molecule is CC1(C)c2cc3ccccc3cc2-c2c(-c3cccc(-c4cc(-c5ccc(-c6cccc7ccccc67)cc5)nc(-c5ccccc5)n4)c3)cccc21. The highest BCUT2D eigenvalue weighted by Gasteiger charge is 2.37. The van der Waals surface area contributed by atoms with E-state index >= 15 is 0 Å².